The van der Waals surface area contributed by atoms with Crippen molar-refractivity contribution in [3.05, 3.63) is 12.2 Å². The summed E-state index contributed by atoms with van der Waals surface area (Å²) in [5.41, 5.74) is 5.49. The van der Waals surface area contributed by atoms with Gasteiger partial charge >= 0.3 is 10.4 Å². The molecule has 0 aromatic rings. The molecule has 26 heavy (non-hydrogen) atoms. The van der Waals surface area contributed by atoms with Crippen LogP contribution in [0.15, 0.2) is 12.2 Å². The highest BCUT2D eigenvalue weighted by molar-refractivity contribution is 7.80. The Morgan fingerprint density at radius 3 is 2.04 bits per heavy atom. The van der Waals surface area contributed by atoms with Crippen molar-refractivity contribution in [2.24, 2.45) is 5.73 Å². The van der Waals surface area contributed by atoms with E-state index in [-0.39, 0.29) is 6.42 Å². The van der Waals surface area contributed by atoms with Crippen LogP contribution in [0.4, 0.5) is 0 Å². The van der Waals surface area contributed by atoms with E-state index in [2.05, 4.69) is 11.1 Å². The number of rotatable bonds is 17. The van der Waals surface area contributed by atoms with Gasteiger partial charge in [0.05, 0.1) is 18.8 Å². The van der Waals surface area contributed by atoms with E-state index in [9.17, 15) is 13.5 Å². The molecule has 0 aliphatic carbocycles. The van der Waals surface area contributed by atoms with E-state index in [1.165, 1.54) is 44.9 Å². The molecule has 0 saturated heterocycles. The van der Waals surface area contributed by atoms with E-state index >= 15 is 0 Å². The van der Waals surface area contributed by atoms with E-state index in [1.807, 2.05) is 6.08 Å². The Kier molecular flexibility index (Phi) is 15.2. The molecule has 0 saturated carbocycles. The third-order valence-corrected chi connectivity index (χ3v) is 4.78. The van der Waals surface area contributed by atoms with E-state index < -0.39 is 35.3 Å². The van der Waals surface area contributed by atoms with E-state index in [1.54, 1.807) is 6.08 Å². The topological polar surface area (TPSA) is 130 Å². The molecular formula is C18H37NO6S. The van der Waals surface area contributed by atoms with Gasteiger partial charge in [-0.15, -0.1) is 0 Å². The van der Waals surface area contributed by atoms with Crippen LogP contribution in [0.25, 0.3) is 0 Å². The molecular weight excluding hydrogens is 358 g/mol. The molecule has 0 fully saturated rings. The van der Waals surface area contributed by atoms with Gasteiger partial charge in [-0.2, -0.15) is 8.42 Å². The third-order valence-electron chi connectivity index (χ3n) is 4.29. The molecule has 0 aliphatic heterocycles. The Morgan fingerprint density at radius 1 is 1.00 bits per heavy atom. The predicted octanol–water partition coefficient (Wildman–Crippen LogP) is 2.72. The molecule has 0 heterocycles. The Morgan fingerprint density at radius 2 is 1.54 bits per heavy atom. The smallest absolute Gasteiger partial charge is 0.395 e. The van der Waals surface area contributed by atoms with E-state index in [0.29, 0.717) is 0 Å². The molecule has 0 unspecified atom stereocenters. The highest BCUT2D eigenvalue weighted by atomic mass is 32.3. The van der Waals surface area contributed by atoms with Crippen molar-refractivity contribution in [1.82, 2.24) is 0 Å². The van der Waals surface area contributed by atoms with Crippen LogP contribution in [0.2, 0.25) is 0 Å². The maximum absolute atomic E-state index is 10.9. The SMILES string of the molecule is CCCCCCCCCCC/C=C/C[C@H](OS(=O)(=O)O)[C@H](O)[C@H](N)CO. The van der Waals surface area contributed by atoms with Crippen LogP contribution < -0.4 is 5.73 Å². The Hall–Kier alpha value is -0.510. The molecule has 5 N–H and O–H groups in total. The first kappa shape index (κ1) is 25.5. The van der Waals surface area contributed by atoms with Gasteiger partial charge < -0.3 is 15.9 Å². The molecule has 7 nitrogen and oxygen atoms in total. The summed E-state index contributed by atoms with van der Waals surface area (Å²) in [6, 6.07) is -1.05. The number of hydrogen-bond donors (Lipinski definition) is 4. The van der Waals surface area contributed by atoms with Gasteiger partial charge in [-0.1, -0.05) is 70.4 Å². The molecule has 0 aromatic heterocycles. The van der Waals surface area contributed by atoms with Gasteiger partial charge in [-0.25, -0.2) is 4.18 Å². The quantitative estimate of drug-likeness (QED) is 0.169. The molecule has 0 radical (unpaired) electrons. The predicted molar refractivity (Wildman–Crippen MR) is 103 cm³/mol. The fourth-order valence-electron chi connectivity index (χ4n) is 2.70. The standard InChI is InChI=1S/C18H37NO6S/c1-2-3-4-5-6-7-8-9-10-11-12-13-14-17(25-26(22,23)24)18(21)16(19)15-20/h12-13,16-18,20-21H,2-11,14-15,19H2,1H3,(H,22,23,24)/b13-12+/t16-,17+,18-/m1/s1. The second kappa shape index (κ2) is 15.5. The number of hydrogen-bond acceptors (Lipinski definition) is 6. The van der Waals surface area contributed by atoms with E-state index in [0.717, 1.165) is 19.3 Å². The molecule has 156 valence electrons. The fraction of sp³-hybridized carbons (Fsp3) is 0.889. The summed E-state index contributed by atoms with van der Waals surface area (Å²) >= 11 is 0. The minimum Gasteiger partial charge on any atom is -0.395 e. The van der Waals surface area contributed by atoms with Crippen molar-refractivity contribution in [2.45, 2.75) is 95.8 Å². The van der Waals surface area contributed by atoms with Crippen molar-refractivity contribution < 1.29 is 27.4 Å². The van der Waals surface area contributed by atoms with E-state index in [4.69, 9.17) is 15.4 Å². The summed E-state index contributed by atoms with van der Waals surface area (Å²) in [5, 5.41) is 18.9. The molecule has 0 rings (SSSR count). The normalized spacial score (nSPS) is 16.0. The highest BCUT2D eigenvalue weighted by Gasteiger charge is 2.28. The second-order valence-electron chi connectivity index (χ2n) is 6.72. The summed E-state index contributed by atoms with van der Waals surface area (Å²) in [5.74, 6) is 0. The zero-order valence-electron chi connectivity index (χ0n) is 15.9. The van der Waals surface area contributed by atoms with Gasteiger partial charge in [0, 0.05) is 0 Å². The Labute approximate surface area is 158 Å². The molecule has 0 aliphatic rings. The van der Waals surface area contributed by atoms with Crippen LogP contribution in [0.3, 0.4) is 0 Å². The number of unbranched alkanes of at least 4 members (excludes halogenated alkanes) is 9. The minimum absolute atomic E-state index is 0.0755. The average molecular weight is 396 g/mol. The maximum atomic E-state index is 10.9. The van der Waals surface area contributed by atoms with Crippen LogP contribution in [0, 0.1) is 0 Å². The van der Waals surface area contributed by atoms with Crippen molar-refractivity contribution in [3.8, 4) is 0 Å². The van der Waals surface area contributed by atoms with Crippen molar-refractivity contribution >= 4 is 10.4 Å². The van der Waals surface area contributed by atoms with Crippen LogP contribution in [0.1, 0.15) is 77.6 Å². The lowest BCUT2D eigenvalue weighted by Gasteiger charge is -2.24. The third kappa shape index (κ3) is 14.6. The van der Waals surface area contributed by atoms with Crippen LogP contribution in [0.5, 0.6) is 0 Å². The van der Waals surface area contributed by atoms with Crippen molar-refractivity contribution in [2.75, 3.05) is 6.61 Å². The Balaban J connectivity index is 3.98. The molecule has 3 atom stereocenters. The lowest BCUT2D eigenvalue weighted by atomic mass is 10.0. The summed E-state index contributed by atoms with van der Waals surface area (Å²) in [4.78, 5) is 0. The Bertz CT molecular complexity index is 455. The summed E-state index contributed by atoms with van der Waals surface area (Å²) in [7, 11) is -4.71. The van der Waals surface area contributed by atoms with Gasteiger partial charge in [0.2, 0.25) is 0 Å². The summed E-state index contributed by atoms with van der Waals surface area (Å²) in [6.07, 6.45) is 13.1. The fourth-order valence-corrected chi connectivity index (χ4v) is 3.20. The van der Waals surface area contributed by atoms with Crippen LogP contribution in [-0.2, 0) is 14.6 Å². The van der Waals surface area contributed by atoms with Gasteiger partial charge in [-0.05, 0) is 19.3 Å². The zero-order valence-corrected chi connectivity index (χ0v) is 16.7. The minimum atomic E-state index is -4.71. The lowest BCUT2D eigenvalue weighted by molar-refractivity contribution is 0.00630. The molecule has 8 heteroatoms. The van der Waals surface area contributed by atoms with Gasteiger partial charge in [0.25, 0.3) is 0 Å². The first-order valence-electron chi connectivity index (χ1n) is 9.67. The van der Waals surface area contributed by atoms with Gasteiger partial charge in [0.1, 0.15) is 6.10 Å². The van der Waals surface area contributed by atoms with Crippen molar-refractivity contribution in [1.29, 1.82) is 0 Å². The molecule has 0 spiro atoms. The van der Waals surface area contributed by atoms with Crippen LogP contribution >= 0.6 is 0 Å². The maximum Gasteiger partial charge on any atom is 0.397 e. The first-order chi connectivity index (χ1) is 12.3. The molecule has 0 amide bonds. The highest BCUT2D eigenvalue weighted by Crippen LogP contribution is 2.13. The zero-order chi connectivity index (χ0) is 19.8. The number of nitrogens with two attached hydrogens (primary N) is 1. The van der Waals surface area contributed by atoms with Gasteiger partial charge in [-0.3, -0.25) is 4.55 Å². The molecule has 0 bridgehead atoms. The van der Waals surface area contributed by atoms with Crippen molar-refractivity contribution in [3.63, 3.8) is 0 Å². The largest absolute Gasteiger partial charge is 0.397 e. The number of aliphatic hydroxyl groups is 2. The average Bonchev–Trinajstić information content (AvgIpc) is 2.59. The van der Waals surface area contributed by atoms with Gasteiger partial charge in [0.15, 0.2) is 0 Å². The second-order valence-corrected chi connectivity index (χ2v) is 7.77. The van der Waals surface area contributed by atoms with Crippen LogP contribution in [-0.4, -0.2) is 48.0 Å². The first-order valence-corrected chi connectivity index (χ1v) is 11.0. The lowest BCUT2D eigenvalue weighted by Crippen LogP contribution is -2.46. The number of aliphatic hydroxyl groups excluding tert-OH is 2. The number of allylic oxidation sites excluding steroid dienone is 1. The monoisotopic (exact) mass is 395 g/mol. The summed E-state index contributed by atoms with van der Waals surface area (Å²) < 4.78 is 35.0. The summed E-state index contributed by atoms with van der Waals surface area (Å²) in [6.45, 7) is 1.70. The molecule has 0 aromatic carbocycles.